The van der Waals surface area contributed by atoms with Gasteiger partial charge < -0.3 is 9.84 Å². The van der Waals surface area contributed by atoms with Gasteiger partial charge in [0.05, 0.1) is 18.1 Å². The van der Waals surface area contributed by atoms with E-state index in [2.05, 4.69) is 0 Å². The van der Waals surface area contributed by atoms with Crippen molar-refractivity contribution in [3.05, 3.63) is 44.6 Å². The maximum Gasteiger partial charge on any atom is 0.345 e. The Labute approximate surface area is 122 Å². The standard InChI is InChI=1S/C12H9NO5S2/c1-18-8-2-7(13(16)17)3-9(4-8)20-10-5-11(12(14)15)19-6-10/h2-6H,1H3,(H,14,15). The van der Waals surface area contributed by atoms with E-state index in [9.17, 15) is 14.9 Å². The molecule has 0 atom stereocenters. The van der Waals surface area contributed by atoms with Crippen LogP contribution in [-0.2, 0) is 0 Å². The molecule has 0 aliphatic heterocycles. The fourth-order valence-electron chi connectivity index (χ4n) is 1.46. The van der Waals surface area contributed by atoms with Gasteiger partial charge in [0.15, 0.2) is 0 Å². The summed E-state index contributed by atoms with van der Waals surface area (Å²) in [6, 6.07) is 5.95. The lowest BCUT2D eigenvalue weighted by atomic mass is 10.3. The number of thiophene rings is 1. The first-order valence-electron chi connectivity index (χ1n) is 5.33. The number of non-ortho nitro benzene ring substituents is 1. The molecular weight excluding hydrogens is 302 g/mol. The molecule has 0 saturated heterocycles. The number of methoxy groups -OCH3 is 1. The molecule has 0 saturated carbocycles. The molecule has 0 unspecified atom stereocenters. The van der Waals surface area contributed by atoms with Gasteiger partial charge >= 0.3 is 5.97 Å². The zero-order chi connectivity index (χ0) is 14.7. The molecule has 2 rings (SSSR count). The van der Waals surface area contributed by atoms with E-state index in [0.717, 1.165) is 16.2 Å². The van der Waals surface area contributed by atoms with Crippen molar-refractivity contribution in [2.75, 3.05) is 7.11 Å². The largest absolute Gasteiger partial charge is 0.496 e. The second-order valence-electron chi connectivity index (χ2n) is 3.68. The number of ether oxygens (including phenoxy) is 1. The molecule has 1 N–H and O–H groups in total. The van der Waals surface area contributed by atoms with Crippen molar-refractivity contribution in [3.8, 4) is 5.75 Å². The molecule has 104 valence electrons. The van der Waals surface area contributed by atoms with Crippen molar-refractivity contribution in [2.24, 2.45) is 0 Å². The molecule has 0 aliphatic carbocycles. The lowest BCUT2D eigenvalue weighted by molar-refractivity contribution is -0.385. The van der Waals surface area contributed by atoms with E-state index in [4.69, 9.17) is 9.84 Å². The first-order valence-corrected chi connectivity index (χ1v) is 7.02. The van der Waals surface area contributed by atoms with E-state index in [0.29, 0.717) is 10.6 Å². The van der Waals surface area contributed by atoms with Crippen molar-refractivity contribution in [1.82, 2.24) is 0 Å². The summed E-state index contributed by atoms with van der Waals surface area (Å²) in [4.78, 5) is 22.7. The molecule has 0 radical (unpaired) electrons. The van der Waals surface area contributed by atoms with Gasteiger partial charge in [-0.05, 0) is 12.1 Å². The summed E-state index contributed by atoms with van der Waals surface area (Å²) >= 11 is 2.36. The Hall–Kier alpha value is -2.06. The summed E-state index contributed by atoms with van der Waals surface area (Å²) < 4.78 is 5.02. The third-order valence-corrected chi connectivity index (χ3v) is 4.34. The normalized spacial score (nSPS) is 10.2. The predicted octanol–water partition coefficient (Wildman–Crippen LogP) is 3.51. The third kappa shape index (κ3) is 3.28. The molecule has 0 aliphatic rings. The van der Waals surface area contributed by atoms with Crippen LogP contribution in [0.2, 0.25) is 0 Å². The molecule has 0 spiro atoms. The van der Waals surface area contributed by atoms with E-state index in [1.54, 1.807) is 11.4 Å². The second kappa shape index (κ2) is 5.93. The molecule has 1 aromatic carbocycles. The van der Waals surface area contributed by atoms with Crippen LogP contribution in [0.4, 0.5) is 5.69 Å². The molecule has 0 bridgehead atoms. The van der Waals surface area contributed by atoms with Gasteiger partial charge in [0.1, 0.15) is 10.6 Å². The predicted molar refractivity (Wildman–Crippen MR) is 75.0 cm³/mol. The fourth-order valence-corrected chi connectivity index (χ4v) is 3.28. The minimum Gasteiger partial charge on any atom is -0.496 e. The number of hydrogen-bond donors (Lipinski definition) is 1. The highest BCUT2D eigenvalue weighted by molar-refractivity contribution is 7.99. The van der Waals surface area contributed by atoms with Crippen molar-refractivity contribution in [2.45, 2.75) is 9.79 Å². The summed E-state index contributed by atoms with van der Waals surface area (Å²) in [6.45, 7) is 0. The quantitative estimate of drug-likeness (QED) is 0.671. The van der Waals surface area contributed by atoms with Crippen LogP contribution in [0.3, 0.4) is 0 Å². The van der Waals surface area contributed by atoms with Crippen LogP contribution in [0.5, 0.6) is 5.75 Å². The molecule has 6 nitrogen and oxygen atoms in total. The Balaban J connectivity index is 2.29. The zero-order valence-electron chi connectivity index (χ0n) is 10.2. The van der Waals surface area contributed by atoms with Gasteiger partial charge in [-0.25, -0.2) is 4.79 Å². The summed E-state index contributed by atoms with van der Waals surface area (Å²) in [5.41, 5.74) is -0.0689. The van der Waals surface area contributed by atoms with E-state index in [1.165, 1.54) is 37.1 Å². The number of carboxylic acid groups (broad SMARTS) is 1. The van der Waals surface area contributed by atoms with Crippen LogP contribution in [0.25, 0.3) is 0 Å². The number of nitro benzene ring substituents is 1. The number of carboxylic acids is 1. The zero-order valence-corrected chi connectivity index (χ0v) is 11.9. The van der Waals surface area contributed by atoms with Crippen LogP contribution in [0.1, 0.15) is 9.67 Å². The first-order chi connectivity index (χ1) is 9.49. The van der Waals surface area contributed by atoms with Crippen LogP contribution in [-0.4, -0.2) is 23.1 Å². The monoisotopic (exact) mass is 311 g/mol. The van der Waals surface area contributed by atoms with Gasteiger partial charge in [-0.1, -0.05) is 11.8 Å². The van der Waals surface area contributed by atoms with Gasteiger partial charge in [0.25, 0.3) is 5.69 Å². The van der Waals surface area contributed by atoms with Crippen LogP contribution in [0, 0.1) is 10.1 Å². The van der Waals surface area contributed by atoms with E-state index < -0.39 is 10.9 Å². The van der Waals surface area contributed by atoms with Crippen LogP contribution in [0.15, 0.2) is 39.4 Å². The minimum atomic E-state index is -0.988. The topological polar surface area (TPSA) is 89.7 Å². The van der Waals surface area contributed by atoms with Crippen molar-refractivity contribution in [3.63, 3.8) is 0 Å². The highest BCUT2D eigenvalue weighted by Crippen LogP contribution is 2.35. The average molecular weight is 311 g/mol. The average Bonchev–Trinajstić information content (AvgIpc) is 2.87. The highest BCUT2D eigenvalue weighted by atomic mass is 32.2. The maximum atomic E-state index is 10.8. The summed E-state index contributed by atoms with van der Waals surface area (Å²) in [5, 5.41) is 21.4. The number of hydrogen-bond acceptors (Lipinski definition) is 6. The lowest BCUT2D eigenvalue weighted by Crippen LogP contribution is -1.91. The molecule has 0 amide bonds. The van der Waals surface area contributed by atoms with Crippen molar-refractivity contribution in [1.29, 1.82) is 0 Å². The number of benzene rings is 1. The minimum absolute atomic E-state index is 0.0689. The molecule has 1 heterocycles. The van der Waals surface area contributed by atoms with Gasteiger partial charge in [-0.15, -0.1) is 11.3 Å². The number of aromatic carboxylic acids is 1. The fraction of sp³-hybridized carbons (Fsp3) is 0.0833. The number of nitro groups is 1. The Morgan fingerprint density at radius 1 is 1.35 bits per heavy atom. The van der Waals surface area contributed by atoms with Gasteiger partial charge in [0, 0.05) is 21.2 Å². The summed E-state index contributed by atoms with van der Waals surface area (Å²) in [7, 11) is 1.43. The molecular formula is C12H9NO5S2. The van der Waals surface area contributed by atoms with Gasteiger partial charge in [0.2, 0.25) is 0 Å². The van der Waals surface area contributed by atoms with Crippen molar-refractivity contribution >= 4 is 34.8 Å². The first kappa shape index (κ1) is 14.4. The van der Waals surface area contributed by atoms with Crippen molar-refractivity contribution < 1.29 is 19.6 Å². The Kier molecular flexibility index (Phi) is 4.26. The Bertz CT molecular complexity index is 668. The maximum absolute atomic E-state index is 10.8. The lowest BCUT2D eigenvalue weighted by Gasteiger charge is -2.03. The van der Waals surface area contributed by atoms with E-state index >= 15 is 0 Å². The van der Waals surface area contributed by atoms with Crippen LogP contribution < -0.4 is 4.74 Å². The Morgan fingerprint density at radius 2 is 2.10 bits per heavy atom. The highest BCUT2D eigenvalue weighted by Gasteiger charge is 2.13. The Morgan fingerprint density at radius 3 is 2.65 bits per heavy atom. The van der Waals surface area contributed by atoms with Crippen LogP contribution >= 0.6 is 23.1 Å². The smallest absolute Gasteiger partial charge is 0.345 e. The van der Waals surface area contributed by atoms with E-state index in [1.807, 2.05) is 0 Å². The van der Waals surface area contributed by atoms with Gasteiger partial charge in [-0.2, -0.15) is 0 Å². The molecule has 2 aromatic rings. The number of rotatable bonds is 5. The number of carbonyl (C=O) groups is 1. The molecule has 1 aromatic heterocycles. The van der Waals surface area contributed by atoms with Gasteiger partial charge in [-0.3, -0.25) is 10.1 Å². The number of nitrogens with zero attached hydrogens (tertiary/aromatic N) is 1. The molecule has 8 heteroatoms. The molecule has 20 heavy (non-hydrogen) atoms. The summed E-state index contributed by atoms with van der Waals surface area (Å²) in [6.07, 6.45) is 0. The third-order valence-electron chi connectivity index (χ3n) is 2.33. The SMILES string of the molecule is COc1cc(Sc2csc(C(=O)O)c2)cc([N+](=O)[O-])c1. The molecule has 0 fully saturated rings. The second-order valence-corrected chi connectivity index (χ2v) is 5.74. The summed E-state index contributed by atoms with van der Waals surface area (Å²) in [5.74, 6) is -0.603. The van der Waals surface area contributed by atoms with E-state index in [-0.39, 0.29) is 10.6 Å².